The number of nitrogens with zero attached hydrogens (tertiary/aromatic N) is 3. The van der Waals surface area contributed by atoms with Crippen LogP contribution in [0.15, 0.2) is 4.52 Å². The zero-order valence-electron chi connectivity index (χ0n) is 10.6. The number of carbonyl (C=O) groups excluding carboxylic acids is 1. The Morgan fingerprint density at radius 2 is 2.16 bits per heavy atom. The third kappa shape index (κ3) is 3.28. The Balaban J connectivity index is 2.05. The lowest BCUT2D eigenvalue weighted by Crippen LogP contribution is -2.36. The summed E-state index contributed by atoms with van der Waals surface area (Å²) >= 11 is 0. The molecule has 1 fully saturated rings. The van der Waals surface area contributed by atoms with Crippen LogP contribution in [0.2, 0.25) is 0 Å². The minimum absolute atomic E-state index is 0.0122. The van der Waals surface area contributed by atoms with E-state index in [0.29, 0.717) is 5.89 Å². The number of aromatic nitrogens is 2. The summed E-state index contributed by atoms with van der Waals surface area (Å²) in [6.07, 6.45) is 1.95. The van der Waals surface area contributed by atoms with Gasteiger partial charge in [0.05, 0.1) is 19.3 Å². The SMILES string of the molecule is O=C(c1noc(C2CCCN2)n1)N(CCO)CCO. The summed E-state index contributed by atoms with van der Waals surface area (Å²) in [5.74, 6) is -0.0736. The summed E-state index contributed by atoms with van der Waals surface area (Å²) < 4.78 is 5.08. The predicted molar refractivity (Wildman–Crippen MR) is 64.4 cm³/mol. The molecule has 0 aliphatic carbocycles. The van der Waals surface area contributed by atoms with Gasteiger partial charge in [-0.1, -0.05) is 5.16 Å². The first kappa shape index (κ1) is 13.9. The second-order valence-electron chi connectivity index (χ2n) is 4.34. The van der Waals surface area contributed by atoms with Crippen molar-refractivity contribution in [3.8, 4) is 0 Å². The molecule has 1 aromatic heterocycles. The largest absolute Gasteiger partial charge is 0.395 e. The highest BCUT2D eigenvalue weighted by molar-refractivity contribution is 5.90. The molecule has 8 heteroatoms. The Hall–Kier alpha value is -1.51. The van der Waals surface area contributed by atoms with Gasteiger partial charge in [-0.15, -0.1) is 0 Å². The molecule has 2 rings (SSSR count). The summed E-state index contributed by atoms with van der Waals surface area (Å²) in [5, 5.41) is 24.6. The van der Waals surface area contributed by atoms with E-state index in [1.54, 1.807) is 0 Å². The second-order valence-corrected chi connectivity index (χ2v) is 4.34. The molecule has 0 bridgehead atoms. The average molecular weight is 270 g/mol. The first-order chi connectivity index (χ1) is 9.26. The van der Waals surface area contributed by atoms with Gasteiger partial charge in [0.2, 0.25) is 5.89 Å². The number of hydrogen-bond donors (Lipinski definition) is 3. The number of amides is 1. The zero-order valence-corrected chi connectivity index (χ0v) is 10.6. The molecule has 1 unspecified atom stereocenters. The van der Waals surface area contributed by atoms with Gasteiger partial charge in [-0.2, -0.15) is 4.98 Å². The Bertz CT molecular complexity index is 411. The van der Waals surface area contributed by atoms with Crippen molar-refractivity contribution < 1.29 is 19.5 Å². The molecule has 19 heavy (non-hydrogen) atoms. The summed E-state index contributed by atoms with van der Waals surface area (Å²) in [4.78, 5) is 17.4. The molecular formula is C11H18N4O4. The number of rotatable bonds is 6. The van der Waals surface area contributed by atoms with Crippen molar-refractivity contribution in [2.45, 2.75) is 18.9 Å². The lowest BCUT2D eigenvalue weighted by atomic mass is 10.2. The number of nitrogens with one attached hydrogen (secondary N) is 1. The van der Waals surface area contributed by atoms with Crippen LogP contribution < -0.4 is 5.32 Å². The topological polar surface area (TPSA) is 112 Å². The van der Waals surface area contributed by atoms with Crippen LogP contribution in [0.1, 0.15) is 35.4 Å². The fraction of sp³-hybridized carbons (Fsp3) is 0.727. The molecule has 3 N–H and O–H groups in total. The quantitative estimate of drug-likeness (QED) is 0.603. The molecule has 1 aliphatic rings. The predicted octanol–water partition coefficient (Wildman–Crippen LogP) is -1.08. The van der Waals surface area contributed by atoms with Crippen LogP contribution in [0.5, 0.6) is 0 Å². The van der Waals surface area contributed by atoms with Gasteiger partial charge in [0.25, 0.3) is 11.7 Å². The molecule has 1 saturated heterocycles. The molecule has 1 amide bonds. The maximum absolute atomic E-state index is 12.1. The first-order valence-corrected chi connectivity index (χ1v) is 6.34. The summed E-state index contributed by atoms with van der Waals surface area (Å²) in [6, 6.07) is 0.0122. The number of aliphatic hydroxyl groups excluding tert-OH is 2. The molecule has 1 aliphatic heterocycles. The van der Waals surface area contributed by atoms with E-state index in [4.69, 9.17) is 14.7 Å². The lowest BCUT2D eigenvalue weighted by Gasteiger charge is -2.18. The molecule has 1 atom stereocenters. The van der Waals surface area contributed by atoms with Gasteiger partial charge in [-0.25, -0.2) is 0 Å². The van der Waals surface area contributed by atoms with Crippen molar-refractivity contribution in [1.82, 2.24) is 20.4 Å². The number of aliphatic hydroxyl groups is 2. The summed E-state index contributed by atoms with van der Waals surface area (Å²) in [5.41, 5.74) is 0. The van der Waals surface area contributed by atoms with Crippen molar-refractivity contribution in [2.24, 2.45) is 0 Å². The molecule has 2 heterocycles. The Kier molecular flexibility index (Phi) is 4.83. The van der Waals surface area contributed by atoms with Crippen LogP contribution in [0.3, 0.4) is 0 Å². The fourth-order valence-corrected chi connectivity index (χ4v) is 2.06. The maximum Gasteiger partial charge on any atom is 0.295 e. The molecule has 1 aromatic rings. The first-order valence-electron chi connectivity index (χ1n) is 6.34. The van der Waals surface area contributed by atoms with E-state index in [9.17, 15) is 4.79 Å². The molecule has 8 nitrogen and oxygen atoms in total. The van der Waals surface area contributed by atoms with Crippen molar-refractivity contribution in [3.05, 3.63) is 11.7 Å². The third-order valence-corrected chi connectivity index (χ3v) is 3.02. The molecule has 0 saturated carbocycles. The molecule has 106 valence electrons. The van der Waals surface area contributed by atoms with E-state index in [0.717, 1.165) is 19.4 Å². The highest BCUT2D eigenvalue weighted by atomic mass is 16.5. The van der Waals surface area contributed by atoms with Crippen LogP contribution in [-0.2, 0) is 0 Å². The normalized spacial score (nSPS) is 18.7. The Morgan fingerprint density at radius 1 is 1.42 bits per heavy atom. The zero-order chi connectivity index (χ0) is 13.7. The molecular weight excluding hydrogens is 252 g/mol. The van der Waals surface area contributed by atoms with Crippen molar-refractivity contribution in [2.75, 3.05) is 32.8 Å². The Labute approximate surface area is 110 Å². The van der Waals surface area contributed by atoms with Gasteiger partial charge in [-0.05, 0) is 19.4 Å². The molecule has 0 radical (unpaired) electrons. The summed E-state index contributed by atoms with van der Waals surface area (Å²) in [6.45, 7) is 0.800. The summed E-state index contributed by atoms with van der Waals surface area (Å²) in [7, 11) is 0. The maximum atomic E-state index is 12.1. The van der Waals surface area contributed by atoms with Crippen molar-refractivity contribution in [1.29, 1.82) is 0 Å². The smallest absolute Gasteiger partial charge is 0.295 e. The number of hydrogen-bond acceptors (Lipinski definition) is 7. The van der Waals surface area contributed by atoms with Crippen LogP contribution >= 0.6 is 0 Å². The average Bonchev–Trinajstić information content (AvgIpc) is 3.08. The molecule has 0 spiro atoms. The van der Waals surface area contributed by atoms with Crippen LogP contribution in [-0.4, -0.2) is 64.0 Å². The van der Waals surface area contributed by atoms with E-state index in [2.05, 4.69) is 15.5 Å². The highest BCUT2D eigenvalue weighted by Crippen LogP contribution is 2.21. The second kappa shape index (κ2) is 6.60. The van der Waals surface area contributed by atoms with Crippen LogP contribution in [0.4, 0.5) is 0 Å². The van der Waals surface area contributed by atoms with Crippen molar-refractivity contribution >= 4 is 5.91 Å². The van der Waals surface area contributed by atoms with Gasteiger partial charge in [-0.3, -0.25) is 4.79 Å². The van der Waals surface area contributed by atoms with E-state index in [1.807, 2.05) is 0 Å². The number of carbonyl (C=O) groups is 1. The van der Waals surface area contributed by atoms with Crippen LogP contribution in [0.25, 0.3) is 0 Å². The minimum atomic E-state index is -0.448. The fourth-order valence-electron chi connectivity index (χ4n) is 2.06. The Morgan fingerprint density at radius 3 is 2.74 bits per heavy atom. The lowest BCUT2D eigenvalue weighted by molar-refractivity contribution is 0.0669. The van der Waals surface area contributed by atoms with E-state index >= 15 is 0 Å². The van der Waals surface area contributed by atoms with E-state index < -0.39 is 5.91 Å². The monoisotopic (exact) mass is 270 g/mol. The van der Waals surface area contributed by atoms with Gasteiger partial charge in [0.15, 0.2) is 0 Å². The van der Waals surface area contributed by atoms with Crippen LogP contribution in [0, 0.1) is 0 Å². The van der Waals surface area contributed by atoms with Gasteiger partial charge in [0.1, 0.15) is 0 Å². The molecule has 0 aromatic carbocycles. The van der Waals surface area contributed by atoms with Gasteiger partial charge >= 0.3 is 0 Å². The minimum Gasteiger partial charge on any atom is -0.395 e. The van der Waals surface area contributed by atoms with Gasteiger partial charge in [0, 0.05) is 13.1 Å². The van der Waals surface area contributed by atoms with Gasteiger partial charge < -0.3 is 25.0 Å². The van der Waals surface area contributed by atoms with Crippen molar-refractivity contribution in [3.63, 3.8) is 0 Å². The van der Waals surface area contributed by atoms with E-state index in [1.165, 1.54) is 4.90 Å². The van der Waals surface area contributed by atoms with E-state index in [-0.39, 0.29) is 38.2 Å². The standard InChI is InChI=1S/C11H18N4O4/c16-6-4-15(5-7-17)11(18)9-13-10(19-14-9)8-2-1-3-12-8/h8,12,16-17H,1-7H2. The highest BCUT2D eigenvalue weighted by Gasteiger charge is 2.26. The third-order valence-electron chi connectivity index (χ3n) is 3.02.